The van der Waals surface area contributed by atoms with Gasteiger partial charge in [0.05, 0.1) is 5.02 Å². The van der Waals surface area contributed by atoms with Gasteiger partial charge in [0.25, 0.3) is 6.54 Å². The Hall–Kier alpha value is -2.73. The zero-order chi connectivity index (χ0) is 17.9. The minimum Gasteiger partial charge on any atom is -0.326 e. The number of nitrogens with zero attached hydrogens (tertiary/aromatic N) is 1. The lowest BCUT2D eigenvalue weighted by molar-refractivity contribution is -0.465. The number of nitro groups is 1. The highest BCUT2D eigenvalue weighted by Crippen LogP contribution is 2.34. The number of amides is 1. The number of anilines is 1. The van der Waals surface area contributed by atoms with Crippen molar-refractivity contribution in [1.29, 1.82) is 0 Å². The summed E-state index contributed by atoms with van der Waals surface area (Å²) in [5.74, 6) is -0.731. The van der Waals surface area contributed by atoms with Crippen molar-refractivity contribution in [3.05, 3.63) is 62.7 Å². The SMILES string of the molecule is CC(=O)Nc1ccc(-c2ccc(C(=O)C[N+](=O)[O-])cc2)c(Cl)c1C. The molecule has 0 saturated heterocycles. The predicted octanol–water partition coefficient (Wildman–Crippen LogP) is 3.73. The maximum absolute atomic E-state index is 11.7. The van der Waals surface area contributed by atoms with Crippen LogP contribution in [0.3, 0.4) is 0 Å². The van der Waals surface area contributed by atoms with Gasteiger partial charge in [-0.25, -0.2) is 0 Å². The average molecular weight is 347 g/mol. The Bertz CT molecular complexity index is 816. The Kier molecular flexibility index (Phi) is 5.31. The molecule has 124 valence electrons. The minimum atomic E-state index is -0.732. The summed E-state index contributed by atoms with van der Waals surface area (Å²) in [7, 11) is 0. The summed E-state index contributed by atoms with van der Waals surface area (Å²) in [5.41, 5.74) is 3.16. The third-order valence-electron chi connectivity index (χ3n) is 3.49. The highest BCUT2D eigenvalue weighted by Gasteiger charge is 2.14. The van der Waals surface area contributed by atoms with Crippen molar-refractivity contribution in [2.45, 2.75) is 13.8 Å². The van der Waals surface area contributed by atoms with Gasteiger partial charge in [0, 0.05) is 28.7 Å². The van der Waals surface area contributed by atoms with E-state index in [9.17, 15) is 19.7 Å². The van der Waals surface area contributed by atoms with Gasteiger partial charge >= 0.3 is 0 Å². The summed E-state index contributed by atoms with van der Waals surface area (Å²) < 4.78 is 0. The van der Waals surface area contributed by atoms with E-state index in [-0.39, 0.29) is 11.5 Å². The minimum absolute atomic E-state index is 0.185. The first-order valence-electron chi connectivity index (χ1n) is 7.11. The number of hydrogen-bond donors (Lipinski definition) is 1. The van der Waals surface area contributed by atoms with Gasteiger partial charge in [0.2, 0.25) is 11.7 Å². The van der Waals surface area contributed by atoms with E-state index in [4.69, 9.17) is 11.6 Å². The number of carbonyl (C=O) groups is 2. The molecule has 6 nitrogen and oxygen atoms in total. The van der Waals surface area contributed by atoms with Gasteiger partial charge in [-0.05, 0) is 24.1 Å². The molecule has 0 radical (unpaired) electrons. The molecule has 0 fully saturated rings. The zero-order valence-electron chi connectivity index (χ0n) is 13.1. The normalized spacial score (nSPS) is 10.3. The van der Waals surface area contributed by atoms with Crippen LogP contribution in [0.25, 0.3) is 11.1 Å². The van der Waals surface area contributed by atoms with Gasteiger partial charge in [-0.2, -0.15) is 0 Å². The molecule has 0 aliphatic rings. The van der Waals surface area contributed by atoms with E-state index in [0.29, 0.717) is 10.7 Å². The van der Waals surface area contributed by atoms with Crippen LogP contribution in [0.5, 0.6) is 0 Å². The molecule has 0 aliphatic heterocycles. The van der Waals surface area contributed by atoms with Crippen molar-refractivity contribution in [2.24, 2.45) is 0 Å². The third kappa shape index (κ3) is 3.97. The fourth-order valence-electron chi connectivity index (χ4n) is 2.28. The molecule has 7 heteroatoms. The van der Waals surface area contributed by atoms with Gasteiger partial charge in [-0.15, -0.1) is 0 Å². The lowest BCUT2D eigenvalue weighted by atomic mass is 10.00. The first-order valence-corrected chi connectivity index (χ1v) is 7.49. The lowest BCUT2D eigenvalue weighted by Crippen LogP contribution is -2.13. The summed E-state index contributed by atoms with van der Waals surface area (Å²) in [6.07, 6.45) is 0. The second kappa shape index (κ2) is 7.23. The lowest BCUT2D eigenvalue weighted by Gasteiger charge is -2.12. The summed E-state index contributed by atoms with van der Waals surface area (Å²) in [4.78, 5) is 32.6. The number of nitrogens with one attached hydrogen (secondary N) is 1. The van der Waals surface area contributed by atoms with Gasteiger partial charge in [0.1, 0.15) is 0 Å². The van der Waals surface area contributed by atoms with Crippen LogP contribution in [-0.4, -0.2) is 23.2 Å². The smallest absolute Gasteiger partial charge is 0.265 e. The van der Waals surface area contributed by atoms with Crippen LogP contribution < -0.4 is 5.32 Å². The molecular formula is C17H15ClN2O4. The van der Waals surface area contributed by atoms with Gasteiger partial charge in [-0.1, -0.05) is 41.9 Å². The van der Waals surface area contributed by atoms with Crippen LogP contribution in [0, 0.1) is 17.0 Å². The molecule has 0 aromatic heterocycles. The topological polar surface area (TPSA) is 89.3 Å². The number of carbonyl (C=O) groups excluding carboxylic acids is 2. The number of ketones is 1. The number of rotatable bonds is 5. The summed E-state index contributed by atoms with van der Waals surface area (Å²) in [6.45, 7) is 2.48. The molecule has 1 amide bonds. The monoisotopic (exact) mass is 346 g/mol. The van der Waals surface area contributed by atoms with Crippen molar-refractivity contribution in [1.82, 2.24) is 0 Å². The van der Waals surface area contributed by atoms with E-state index in [1.165, 1.54) is 19.1 Å². The molecule has 2 aromatic rings. The summed E-state index contributed by atoms with van der Waals surface area (Å²) in [5, 5.41) is 13.6. The van der Waals surface area contributed by atoms with Crippen LogP contribution in [0.2, 0.25) is 5.02 Å². The van der Waals surface area contributed by atoms with Crippen LogP contribution in [0.4, 0.5) is 5.69 Å². The van der Waals surface area contributed by atoms with Crippen LogP contribution in [0.15, 0.2) is 36.4 Å². The Balaban J connectivity index is 2.32. The number of Topliss-reactive ketones (excluding diaryl/α,β-unsaturated/α-hetero) is 1. The van der Waals surface area contributed by atoms with Gasteiger partial charge < -0.3 is 5.32 Å². The summed E-state index contributed by atoms with van der Waals surface area (Å²) in [6, 6.07) is 9.97. The highest BCUT2D eigenvalue weighted by atomic mass is 35.5. The Morgan fingerprint density at radius 3 is 2.33 bits per heavy atom. The predicted molar refractivity (Wildman–Crippen MR) is 92.1 cm³/mol. The first-order chi connectivity index (χ1) is 11.3. The molecule has 24 heavy (non-hydrogen) atoms. The fraction of sp³-hybridized carbons (Fsp3) is 0.176. The third-order valence-corrected chi connectivity index (χ3v) is 3.97. The molecule has 1 N–H and O–H groups in total. The Labute approximate surface area is 143 Å². The molecule has 0 heterocycles. The van der Waals surface area contributed by atoms with Crippen molar-refractivity contribution in [3.8, 4) is 11.1 Å². The first kappa shape index (κ1) is 17.6. The van der Waals surface area contributed by atoms with E-state index in [0.717, 1.165) is 16.7 Å². The number of halogens is 1. The Morgan fingerprint density at radius 1 is 1.17 bits per heavy atom. The highest BCUT2D eigenvalue weighted by molar-refractivity contribution is 6.34. The van der Waals surface area contributed by atoms with E-state index < -0.39 is 17.3 Å². The maximum atomic E-state index is 11.7. The molecule has 0 spiro atoms. The molecule has 0 bridgehead atoms. The zero-order valence-corrected chi connectivity index (χ0v) is 13.9. The fourth-order valence-corrected chi connectivity index (χ4v) is 2.55. The van der Waals surface area contributed by atoms with Crippen LogP contribution in [0.1, 0.15) is 22.8 Å². The largest absolute Gasteiger partial charge is 0.326 e. The average Bonchev–Trinajstić information content (AvgIpc) is 2.51. The molecule has 0 saturated carbocycles. The van der Waals surface area contributed by atoms with Crippen molar-refractivity contribution in [3.63, 3.8) is 0 Å². The van der Waals surface area contributed by atoms with Crippen LogP contribution >= 0.6 is 11.6 Å². The second-order valence-electron chi connectivity index (χ2n) is 5.27. The molecule has 0 atom stereocenters. The standard InChI is InChI=1S/C17H15ClN2O4/c1-10-15(19-11(2)21)8-7-14(17(10)18)12-3-5-13(6-4-12)16(22)9-20(23)24/h3-8H,9H2,1-2H3,(H,19,21). The summed E-state index contributed by atoms with van der Waals surface area (Å²) >= 11 is 6.38. The molecule has 0 unspecified atom stereocenters. The van der Waals surface area contributed by atoms with E-state index >= 15 is 0 Å². The van der Waals surface area contributed by atoms with E-state index in [2.05, 4.69) is 5.32 Å². The van der Waals surface area contributed by atoms with Crippen LogP contribution in [-0.2, 0) is 4.79 Å². The van der Waals surface area contributed by atoms with Crippen molar-refractivity contribution < 1.29 is 14.5 Å². The molecule has 2 rings (SSSR count). The Morgan fingerprint density at radius 2 is 1.79 bits per heavy atom. The van der Waals surface area contributed by atoms with E-state index in [1.54, 1.807) is 31.2 Å². The van der Waals surface area contributed by atoms with Crippen molar-refractivity contribution >= 4 is 29.0 Å². The molecular weight excluding hydrogens is 332 g/mol. The van der Waals surface area contributed by atoms with E-state index in [1.807, 2.05) is 0 Å². The molecule has 0 aliphatic carbocycles. The van der Waals surface area contributed by atoms with Gasteiger partial charge in [-0.3, -0.25) is 19.7 Å². The number of hydrogen-bond acceptors (Lipinski definition) is 4. The van der Waals surface area contributed by atoms with Crippen molar-refractivity contribution in [2.75, 3.05) is 11.9 Å². The van der Waals surface area contributed by atoms with Gasteiger partial charge in [0.15, 0.2) is 0 Å². The quantitative estimate of drug-likeness (QED) is 0.507. The second-order valence-corrected chi connectivity index (χ2v) is 5.65. The molecule has 2 aromatic carbocycles. The maximum Gasteiger partial charge on any atom is 0.265 e. The number of benzene rings is 2.